The Balaban J connectivity index is 1.48. The molecule has 4 atom stereocenters. The Morgan fingerprint density at radius 3 is 2.62 bits per heavy atom. The predicted octanol–water partition coefficient (Wildman–Crippen LogP) is 3.79. The summed E-state index contributed by atoms with van der Waals surface area (Å²) in [6, 6.07) is 13.0. The van der Waals surface area contributed by atoms with Gasteiger partial charge in [-0.1, -0.05) is 51.1 Å². The first-order valence-corrected chi connectivity index (χ1v) is 10.7. The number of rotatable bonds is 4. The molecule has 3 aliphatic heterocycles. The monoisotopic (exact) mass is 392 g/mol. The van der Waals surface area contributed by atoms with Crippen molar-refractivity contribution in [2.45, 2.75) is 52.5 Å². The second-order valence-corrected chi connectivity index (χ2v) is 9.59. The molecule has 5 nitrogen and oxygen atoms in total. The van der Waals surface area contributed by atoms with Crippen molar-refractivity contribution in [2.24, 2.45) is 11.3 Å². The maximum absolute atomic E-state index is 12.3. The number of carbonyl (C=O) groups excluding carboxylic acids is 1. The molecule has 2 aromatic rings. The van der Waals surface area contributed by atoms with Gasteiger partial charge < -0.3 is 5.32 Å². The number of benzene rings is 1. The van der Waals surface area contributed by atoms with Gasteiger partial charge in [-0.05, 0) is 38.3 Å². The molecule has 3 saturated heterocycles. The van der Waals surface area contributed by atoms with E-state index in [1.807, 2.05) is 33.8 Å². The molecule has 1 N–H and O–H groups in total. The minimum absolute atomic E-state index is 0.135. The quantitative estimate of drug-likeness (QED) is 0.860. The summed E-state index contributed by atoms with van der Waals surface area (Å²) in [5.41, 5.74) is 2.99. The highest BCUT2D eigenvalue weighted by molar-refractivity contribution is 5.81. The van der Waals surface area contributed by atoms with E-state index in [4.69, 9.17) is 4.98 Å². The van der Waals surface area contributed by atoms with Crippen molar-refractivity contribution in [3.05, 3.63) is 47.9 Å². The van der Waals surface area contributed by atoms with Gasteiger partial charge in [0.1, 0.15) is 5.82 Å². The number of aromatic nitrogens is 2. The highest BCUT2D eigenvalue weighted by atomic mass is 16.2. The van der Waals surface area contributed by atoms with Gasteiger partial charge in [-0.2, -0.15) is 0 Å². The molecule has 3 fully saturated rings. The summed E-state index contributed by atoms with van der Waals surface area (Å²) in [4.78, 5) is 24.3. The lowest BCUT2D eigenvalue weighted by Gasteiger charge is -2.50. The Bertz CT molecular complexity index is 874. The van der Waals surface area contributed by atoms with E-state index >= 15 is 0 Å². The third-order valence-electron chi connectivity index (χ3n) is 6.37. The van der Waals surface area contributed by atoms with E-state index in [2.05, 4.69) is 45.5 Å². The molecular formula is C24H32N4O. The molecule has 5 rings (SSSR count). The topological polar surface area (TPSA) is 58.1 Å². The summed E-state index contributed by atoms with van der Waals surface area (Å²) in [6.07, 6.45) is 2.33. The van der Waals surface area contributed by atoms with Gasteiger partial charge in [0, 0.05) is 41.7 Å². The van der Waals surface area contributed by atoms with Crippen LogP contribution in [0.25, 0.3) is 11.3 Å². The number of hydrogen-bond acceptors (Lipinski definition) is 4. The van der Waals surface area contributed by atoms with Crippen LogP contribution in [-0.2, 0) is 4.79 Å². The molecule has 1 amide bonds. The van der Waals surface area contributed by atoms with Crippen LogP contribution in [0, 0.1) is 18.3 Å². The van der Waals surface area contributed by atoms with Crippen LogP contribution in [0.15, 0.2) is 36.4 Å². The Kier molecular flexibility index (Phi) is 5.43. The molecule has 4 heterocycles. The first-order chi connectivity index (χ1) is 13.8. The van der Waals surface area contributed by atoms with Crippen LogP contribution in [0.3, 0.4) is 0 Å². The van der Waals surface area contributed by atoms with Gasteiger partial charge in [0.05, 0.1) is 5.69 Å². The summed E-state index contributed by atoms with van der Waals surface area (Å²) in [7, 11) is 0. The van der Waals surface area contributed by atoms with Gasteiger partial charge in [-0.25, -0.2) is 9.97 Å². The summed E-state index contributed by atoms with van der Waals surface area (Å²) >= 11 is 0. The van der Waals surface area contributed by atoms with Gasteiger partial charge in [0.25, 0.3) is 0 Å². The summed E-state index contributed by atoms with van der Waals surface area (Å²) < 4.78 is 0. The lowest BCUT2D eigenvalue weighted by Crippen LogP contribution is -2.56. The molecule has 0 radical (unpaired) electrons. The molecular weight excluding hydrogens is 360 g/mol. The molecule has 0 spiro atoms. The van der Waals surface area contributed by atoms with Crippen molar-refractivity contribution in [3.63, 3.8) is 0 Å². The molecule has 1 aromatic heterocycles. The lowest BCUT2D eigenvalue weighted by molar-refractivity contribution is -0.129. The summed E-state index contributed by atoms with van der Waals surface area (Å²) in [6.45, 7) is 10.8. The van der Waals surface area contributed by atoms with Crippen LogP contribution in [-0.4, -0.2) is 46.5 Å². The minimum atomic E-state index is -0.335. The normalized spacial score (nSPS) is 26.3. The van der Waals surface area contributed by atoms with Crippen LogP contribution < -0.4 is 5.32 Å². The Morgan fingerprint density at radius 1 is 1.21 bits per heavy atom. The van der Waals surface area contributed by atoms with Crippen LogP contribution in [0.4, 0.5) is 0 Å². The molecule has 1 unspecified atom stereocenters. The number of nitrogens with one attached hydrogen (secondary N) is 1. The molecule has 2 bridgehead atoms. The van der Waals surface area contributed by atoms with Crippen molar-refractivity contribution in [2.75, 3.05) is 19.6 Å². The maximum atomic E-state index is 12.3. The molecule has 1 aromatic carbocycles. The lowest BCUT2D eigenvalue weighted by atomic mass is 9.74. The predicted molar refractivity (Wildman–Crippen MR) is 115 cm³/mol. The standard InChI is InChI=1S/C24H32N4O/c1-16-26-21(17-8-6-5-7-9-17)13-22(27-16)20-15-28-11-10-18(20)12-19(28)14-25-23(29)24(2,3)4/h5-9,13,18-20H,10-12,14-15H2,1-4H3,(H,25,29)/t18-,19+,20-/m0/s1. The smallest absolute Gasteiger partial charge is 0.225 e. The molecule has 3 aliphatic rings. The zero-order valence-electron chi connectivity index (χ0n) is 18.0. The number of amides is 1. The Hall–Kier alpha value is -2.27. The second kappa shape index (κ2) is 7.86. The van der Waals surface area contributed by atoms with E-state index in [0.717, 1.165) is 43.1 Å². The largest absolute Gasteiger partial charge is 0.354 e. The fourth-order valence-electron chi connectivity index (χ4n) is 4.70. The van der Waals surface area contributed by atoms with Crippen molar-refractivity contribution in [1.82, 2.24) is 20.2 Å². The van der Waals surface area contributed by atoms with Crippen molar-refractivity contribution < 1.29 is 4.79 Å². The van der Waals surface area contributed by atoms with Gasteiger partial charge >= 0.3 is 0 Å². The number of aryl methyl sites for hydroxylation is 1. The fraction of sp³-hybridized carbons (Fsp3) is 0.542. The highest BCUT2D eigenvalue weighted by Crippen LogP contribution is 2.41. The number of nitrogens with zero attached hydrogens (tertiary/aromatic N) is 3. The first kappa shape index (κ1) is 20.0. The minimum Gasteiger partial charge on any atom is -0.354 e. The number of carbonyl (C=O) groups is 1. The van der Waals surface area contributed by atoms with Crippen LogP contribution in [0.2, 0.25) is 0 Å². The number of piperidine rings is 3. The van der Waals surface area contributed by atoms with E-state index in [0.29, 0.717) is 17.9 Å². The Labute approximate surface area is 173 Å². The van der Waals surface area contributed by atoms with Gasteiger partial charge in [-0.3, -0.25) is 9.69 Å². The van der Waals surface area contributed by atoms with Crippen molar-refractivity contribution >= 4 is 5.91 Å². The van der Waals surface area contributed by atoms with Crippen LogP contribution >= 0.6 is 0 Å². The molecule has 0 aliphatic carbocycles. The zero-order valence-corrected chi connectivity index (χ0v) is 18.0. The fourth-order valence-corrected chi connectivity index (χ4v) is 4.70. The molecule has 29 heavy (non-hydrogen) atoms. The SMILES string of the molecule is Cc1nc(-c2ccccc2)cc([C@H]2CN3CC[C@H]2C[C@@H]3CNC(=O)C(C)(C)C)n1. The molecule has 5 heteroatoms. The number of hydrogen-bond donors (Lipinski definition) is 1. The van der Waals surface area contributed by atoms with E-state index in [1.54, 1.807) is 0 Å². The van der Waals surface area contributed by atoms with Gasteiger partial charge in [-0.15, -0.1) is 0 Å². The van der Waals surface area contributed by atoms with E-state index in [-0.39, 0.29) is 11.3 Å². The summed E-state index contributed by atoms with van der Waals surface area (Å²) in [5, 5.41) is 3.17. The third-order valence-corrected chi connectivity index (χ3v) is 6.37. The van der Waals surface area contributed by atoms with E-state index < -0.39 is 0 Å². The van der Waals surface area contributed by atoms with Gasteiger partial charge in [0.2, 0.25) is 5.91 Å². The maximum Gasteiger partial charge on any atom is 0.225 e. The zero-order chi connectivity index (χ0) is 20.6. The van der Waals surface area contributed by atoms with E-state index in [1.165, 1.54) is 12.1 Å². The second-order valence-electron chi connectivity index (χ2n) is 9.59. The van der Waals surface area contributed by atoms with Crippen molar-refractivity contribution in [3.8, 4) is 11.3 Å². The first-order valence-electron chi connectivity index (χ1n) is 10.7. The van der Waals surface area contributed by atoms with Crippen LogP contribution in [0.1, 0.15) is 51.0 Å². The Morgan fingerprint density at radius 2 is 1.97 bits per heavy atom. The molecule has 154 valence electrons. The summed E-state index contributed by atoms with van der Waals surface area (Å²) in [5.74, 6) is 2.04. The average Bonchev–Trinajstić information content (AvgIpc) is 2.72. The van der Waals surface area contributed by atoms with E-state index in [9.17, 15) is 4.79 Å². The third kappa shape index (κ3) is 4.35. The van der Waals surface area contributed by atoms with Crippen LogP contribution in [0.5, 0.6) is 0 Å². The highest BCUT2D eigenvalue weighted by Gasteiger charge is 2.41. The average molecular weight is 393 g/mol. The number of fused-ring (bicyclic) bond motifs is 3. The van der Waals surface area contributed by atoms with Crippen molar-refractivity contribution in [1.29, 1.82) is 0 Å². The molecule has 0 saturated carbocycles. The van der Waals surface area contributed by atoms with Gasteiger partial charge in [0.15, 0.2) is 0 Å².